The summed E-state index contributed by atoms with van der Waals surface area (Å²) >= 11 is 3.40. The molecular formula is C19H21BrN2O3. The van der Waals surface area contributed by atoms with E-state index in [2.05, 4.69) is 26.6 Å². The van der Waals surface area contributed by atoms with Gasteiger partial charge in [-0.3, -0.25) is 4.79 Å². The largest absolute Gasteiger partial charge is 0.445 e. The Morgan fingerprint density at radius 2 is 1.72 bits per heavy atom. The summed E-state index contributed by atoms with van der Waals surface area (Å²) < 4.78 is 6.08. The Labute approximate surface area is 155 Å². The van der Waals surface area contributed by atoms with Gasteiger partial charge in [-0.25, -0.2) is 4.79 Å². The molecule has 2 rings (SSSR count). The molecule has 2 amide bonds. The van der Waals surface area contributed by atoms with Gasteiger partial charge in [0.1, 0.15) is 6.61 Å². The zero-order valence-corrected chi connectivity index (χ0v) is 15.4. The standard InChI is InChI=1S/C19H21BrN2O3/c20-17-9-4-8-16(12-17)13-22-18(23)10-5-11-21-19(24)25-14-15-6-2-1-3-7-15/h1-4,6-9,12H,5,10-11,13-14H2,(H,21,24)(H,22,23). The fraction of sp³-hybridized carbons (Fsp3) is 0.263. The van der Waals surface area contributed by atoms with E-state index in [4.69, 9.17) is 4.74 Å². The lowest BCUT2D eigenvalue weighted by Crippen LogP contribution is -2.27. The molecule has 0 saturated carbocycles. The van der Waals surface area contributed by atoms with E-state index in [1.54, 1.807) is 0 Å². The minimum atomic E-state index is -0.474. The Balaban J connectivity index is 1.54. The molecule has 0 fully saturated rings. The molecule has 0 saturated heterocycles. The van der Waals surface area contributed by atoms with E-state index >= 15 is 0 Å². The number of carbonyl (C=O) groups is 2. The minimum Gasteiger partial charge on any atom is -0.445 e. The maximum atomic E-state index is 11.8. The molecule has 0 heterocycles. The Morgan fingerprint density at radius 1 is 0.960 bits per heavy atom. The highest BCUT2D eigenvalue weighted by atomic mass is 79.9. The molecule has 25 heavy (non-hydrogen) atoms. The molecule has 0 aliphatic rings. The predicted octanol–water partition coefficient (Wildman–Crippen LogP) is 3.77. The average molecular weight is 405 g/mol. The van der Waals surface area contributed by atoms with Crippen molar-refractivity contribution in [3.63, 3.8) is 0 Å². The Bertz CT molecular complexity index is 692. The lowest BCUT2D eigenvalue weighted by atomic mass is 10.2. The first-order chi connectivity index (χ1) is 12.1. The fourth-order valence-corrected chi connectivity index (χ4v) is 2.60. The minimum absolute atomic E-state index is 0.0422. The molecule has 0 unspecified atom stereocenters. The van der Waals surface area contributed by atoms with Crippen molar-refractivity contribution in [2.75, 3.05) is 6.54 Å². The van der Waals surface area contributed by atoms with E-state index in [1.807, 2.05) is 54.6 Å². The third-order valence-electron chi connectivity index (χ3n) is 3.44. The normalized spacial score (nSPS) is 10.1. The molecule has 0 atom stereocenters. The van der Waals surface area contributed by atoms with Crippen molar-refractivity contribution in [3.8, 4) is 0 Å². The van der Waals surface area contributed by atoms with E-state index in [9.17, 15) is 9.59 Å². The summed E-state index contributed by atoms with van der Waals surface area (Å²) in [5.74, 6) is -0.0422. The zero-order valence-electron chi connectivity index (χ0n) is 13.8. The van der Waals surface area contributed by atoms with Gasteiger partial charge in [0.25, 0.3) is 0 Å². The number of nitrogens with one attached hydrogen (secondary N) is 2. The van der Waals surface area contributed by atoms with E-state index in [0.717, 1.165) is 15.6 Å². The average Bonchev–Trinajstić information content (AvgIpc) is 2.63. The van der Waals surface area contributed by atoms with Crippen LogP contribution in [0.3, 0.4) is 0 Å². The summed E-state index contributed by atoms with van der Waals surface area (Å²) in [5, 5.41) is 5.50. The predicted molar refractivity (Wildman–Crippen MR) is 99.9 cm³/mol. The molecule has 0 radical (unpaired) electrons. The molecule has 0 aliphatic carbocycles. The first kappa shape index (κ1) is 19.0. The van der Waals surface area contributed by atoms with Crippen LogP contribution < -0.4 is 10.6 Å². The van der Waals surface area contributed by atoms with E-state index in [0.29, 0.717) is 25.9 Å². The van der Waals surface area contributed by atoms with E-state index in [-0.39, 0.29) is 12.5 Å². The zero-order chi connectivity index (χ0) is 17.9. The number of carbonyl (C=O) groups excluding carboxylic acids is 2. The number of amides is 2. The number of alkyl carbamates (subject to hydrolysis) is 1. The molecule has 0 bridgehead atoms. The topological polar surface area (TPSA) is 67.4 Å². The quantitative estimate of drug-likeness (QED) is 0.657. The molecule has 0 aliphatic heterocycles. The van der Waals surface area contributed by atoms with Crippen LogP contribution in [0.5, 0.6) is 0 Å². The fourth-order valence-electron chi connectivity index (χ4n) is 2.15. The highest BCUT2D eigenvalue weighted by molar-refractivity contribution is 9.10. The monoisotopic (exact) mass is 404 g/mol. The third-order valence-corrected chi connectivity index (χ3v) is 3.93. The van der Waals surface area contributed by atoms with Crippen molar-refractivity contribution < 1.29 is 14.3 Å². The summed E-state index contributed by atoms with van der Waals surface area (Å²) in [6.07, 6.45) is 0.441. The van der Waals surface area contributed by atoms with Crippen LogP contribution in [0.2, 0.25) is 0 Å². The van der Waals surface area contributed by atoms with Crippen LogP contribution in [-0.2, 0) is 22.7 Å². The number of hydrogen-bond acceptors (Lipinski definition) is 3. The first-order valence-electron chi connectivity index (χ1n) is 8.09. The van der Waals surface area contributed by atoms with Gasteiger partial charge in [-0.15, -0.1) is 0 Å². The van der Waals surface area contributed by atoms with Crippen LogP contribution in [0.4, 0.5) is 4.79 Å². The number of rotatable bonds is 8. The number of halogens is 1. The second-order valence-electron chi connectivity index (χ2n) is 5.50. The van der Waals surface area contributed by atoms with Crippen molar-refractivity contribution in [3.05, 3.63) is 70.2 Å². The molecule has 6 heteroatoms. The van der Waals surface area contributed by atoms with Crippen LogP contribution in [0, 0.1) is 0 Å². The highest BCUT2D eigenvalue weighted by Gasteiger charge is 2.04. The molecule has 2 aromatic rings. The van der Waals surface area contributed by atoms with Crippen LogP contribution in [0.15, 0.2) is 59.1 Å². The Kier molecular flexibility index (Phi) is 7.98. The molecule has 132 valence electrons. The van der Waals surface area contributed by atoms with Crippen LogP contribution >= 0.6 is 15.9 Å². The Hall–Kier alpha value is -2.34. The SMILES string of the molecule is O=C(CCCNC(=O)OCc1ccccc1)NCc1cccc(Br)c1. The maximum Gasteiger partial charge on any atom is 0.407 e. The van der Waals surface area contributed by atoms with Gasteiger partial charge in [0.2, 0.25) is 5.91 Å². The van der Waals surface area contributed by atoms with Gasteiger partial charge < -0.3 is 15.4 Å². The Morgan fingerprint density at radius 3 is 2.48 bits per heavy atom. The van der Waals surface area contributed by atoms with Crippen LogP contribution in [0.1, 0.15) is 24.0 Å². The lowest BCUT2D eigenvalue weighted by Gasteiger charge is -2.08. The van der Waals surface area contributed by atoms with Crippen molar-refractivity contribution >= 4 is 27.9 Å². The number of benzene rings is 2. The molecule has 0 spiro atoms. The summed E-state index contributed by atoms with van der Waals surface area (Å²) in [5.41, 5.74) is 1.97. The van der Waals surface area contributed by atoms with Gasteiger partial charge in [0.05, 0.1) is 0 Å². The summed E-state index contributed by atoms with van der Waals surface area (Å²) in [6.45, 7) is 1.13. The van der Waals surface area contributed by atoms with Crippen molar-refractivity contribution in [1.29, 1.82) is 0 Å². The van der Waals surface area contributed by atoms with E-state index < -0.39 is 6.09 Å². The van der Waals surface area contributed by atoms with Gasteiger partial charge in [-0.2, -0.15) is 0 Å². The smallest absolute Gasteiger partial charge is 0.407 e. The number of ether oxygens (including phenoxy) is 1. The molecule has 2 aromatic carbocycles. The van der Waals surface area contributed by atoms with Crippen LogP contribution in [-0.4, -0.2) is 18.5 Å². The molecular weight excluding hydrogens is 384 g/mol. The van der Waals surface area contributed by atoms with Gasteiger partial charge in [0, 0.05) is 24.0 Å². The van der Waals surface area contributed by atoms with Crippen LogP contribution in [0.25, 0.3) is 0 Å². The van der Waals surface area contributed by atoms with E-state index in [1.165, 1.54) is 0 Å². The molecule has 2 N–H and O–H groups in total. The first-order valence-corrected chi connectivity index (χ1v) is 8.88. The van der Waals surface area contributed by atoms with Gasteiger partial charge in [-0.05, 0) is 29.7 Å². The maximum absolute atomic E-state index is 11.8. The van der Waals surface area contributed by atoms with Crippen molar-refractivity contribution in [2.45, 2.75) is 26.0 Å². The number of hydrogen-bond donors (Lipinski definition) is 2. The summed E-state index contributed by atoms with van der Waals surface area (Å²) in [4.78, 5) is 23.4. The van der Waals surface area contributed by atoms with Crippen molar-refractivity contribution in [2.24, 2.45) is 0 Å². The van der Waals surface area contributed by atoms with Gasteiger partial charge in [0.15, 0.2) is 0 Å². The van der Waals surface area contributed by atoms with Gasteiger partial charge >= 0.3 is 6.09 Å². The van der Waals surface area contributed by atoms with Gasteiger partial charge in [-0.1, -0.05) is 58.4 Å². The second kappa shape index (κ2) is 10.5. The second-order valence-corrected chi connectivity index (χ2v) is 6.41. The molecule has 0 aromatic heterocycles. The summed E-state index contributed by atoms with van der Waals surface area (Å²) in [7, 11) is 0. The lowest BCUT2D eigenvalue weighted by molar-refractivity contribution is -0.121. The third kappa shape index (κ3) is 7.85. The molecule has 5 nitrogen and oxygen atoms in total. The highest BCUT2D eigenvalue weighted by Crippen LogP contribution is 2.11. The summed E-state index contributed by atoms with van der Waals surface area (Å²) in [6, 6.07) is 17.3. The van der Waals surface area contributed by atoms with Crippen molar-refractivity contribution in [1.82, 2.24) is 10.6 Å².